The first-order chi connectivity index (χ1) is 14.6. The van der Waals surface area contributed by atoms with E-state index in [1.54, 1.807) is 0 Å². The molecule has 3 fully saturated rings. The van der Waals surface area contributed by atoms with Crippen LogP contribution in [0.15, 0.2) is 18.3 Å². The monoisotopic (exact) mass is 408 g/mol. The van der Waals surface area contributed by atoms with Crippen molar-refractivity contribution in [3.63, 3.8) is 0 Å². The van der Waals surface area contributed by atoms with E-state index in [0.29, 0.717) is 0 Å². The van der Waals surface area contributed by atoms with Crippen molar-refractivity contribution < 1.29 is 0 Å². The summed E-state index contributed by atoms with van der Waals surface area (Å²) in [6.45, 7) is 7.09. The van der Waals surface area contributed by atoms with E-state index in [9.17, 15) is 0 Å². The fourth-order valence-electron chi connectivity index (χ4n) is 6.24. The lowest BCUT2D eigenvalue weighted by atomic mass is 9.89. The molecule has 30 heavy (non-hydrogen) atoms. The number of hydrogen-bond donors (Lipinski definition) is 1. The molecular formula is C24H36N6. The maximum absolute atomic E-state index is 4.42. The van der Waals surface area contributed by atoms with Gasteiger partial charge in [0.25, 0.3) is 0 Å². The van der Waals surface area contributed by atoms with Gasteiger partial charge < -0.3 is 10.2 Å². The summed E-state index contributed by atoms with van der Waals surface area (Å²) >= 11 is 0. The van der Waals surface area contributed by atoms with Crippen molar-refractivity contribution >= 4 is 5.82 Å². The Morgan fingerprint density at radius 2 is 1.77 bits per heavy atom. The molecule has 0 aromatic carbocycles. The van der Waals surface area contributed by atoms with Crippen LogP contribution in [0.25, 0.3) is 11.3 Å². The lowest BCUT2D eigenvalue weighted by molar-refractivity contribution is 0.218. The van der Waals surface area contributed by atoms with Gasteiger partial charge in [0.15, 0.2) is 0 Å². The zero-order valence-corrected chi connectivity index (χ0v) is 18.6. The first-order valence-corrected chi connectivity index (χ1v) is 11.9. The molecular weight excluding hydrogens is 372 g/mol. The molecule has 0 spiro atoms. The molecule has 1 saturated heterocycles. The zero-order chi connectivity index (χ0) is 20.5. The van der Waals surface area contributed by atoms with Gasteiger partial charge in [-0.1, -0.05) is 19.3 Å². The van der Waals surface area contributed by atoms with E-state index >= 15 is 0 Å². The Balaban J connectivity index is 1.08. The Morgan fingerprint density at radius 3 is 2.40 bits per heavy atom. The zero-order valence-electron chi connectivity index (χ0n) is 18.6. The summed E-state index contributed by atoms with van der Waals surface area (Å²) in [5.41, 5.74) is 2.93. The molecule has 3 heterocycles. The van der Waals surface area contributed by atoms with Crippen molar-refractivity contribution in [1.82, 2.24) is 24.9 Å². The number of hydrogen-bond acceptors (Lipinski definition) is 5. The van der Waals surface area contributed by atoms with Gasteiger partial charge in [-0.05, 0) is 68.4 Å². The van der Waals surface area contributed by atoms with Gasteiger partial charge in [-0.3, -0.25) is 4.68 Å². The number of aryl methyl sites for hydroxylation is 2. The fraction of sp³-hybridized carbons (Fsp3) is 0.708. The van der Waals surface area contributed by atoms with E-state index < -0.39 is 0 Å². The molecule has 0 amide bonds. The average Bonchev–Trinajstić information content (AvgIpc) is 3.40. The predicted molar refractivity (Wildman–Crippen MR) is 120 cm³/mol. The minimum Gasteiger partial charge on any atom is -0.368 e. The molecule has 3 atom stereocenters. The molecule has 2 aromatic rings. The average molecular weight is 409 g/mol. The summed E-state index contributed by atoms with van der Waals surface area (Å²) in [6.07, 6.45) is 12.1. The highest BCUT2D eigenvalue weighted by atomic mass is 15.3. The van der Waals surface area contributed by atoms with Crippen molar-refractivity contribution in [3.8, 4) is 11.3 Å². The SMILES string of the molecule is Cc1nn(C)cc1-c1ccc(NCC2C[C@@H]3CN(CC4CCCCC4)C[C@@H]3C2)nn1. The van der Waals surface area contributed by atoms with Crippen LogP contribution < -0.4 is 5.32 Å². The summed E-state index contributed by atoms with van der Waals surface area (Å²) < 4.78 is 1.83. The van der Waals surface area contributed by atoms with Gasteiger partial charge >= 0.3 is 0 Å². The molecule has 2 aromatic heterocycles. The molecule has 6 nitrogen and oxygen atoms in total. The van der Waals surface area contributed by atoms with Crippen LogP contribution in [0.4, 0.5) is 5.82 Å². The fourth-order valence-corrected chi connectivity index (χ4v) is 6.24. The maximum atomic E-state index is 4.42. The van der Waals surface area contributed by atoms with E-state index in [4.69, 9.17) is 0 Å². The van der Waals surface area contributed by atoms with Gasteiger partial charge in [0.05, 0.1) is 11.4 Å². The molecule has 6 heteroatoms. The van der Waals surface area contributed by atoms with Crippen LogP contribution in [0, 0.1) is 30.6 Å². The Hall–Kier alpha value is -1.95. The van der Waals surface area contributed by atoms with Crippen molar-refractivity contribution in [2.75, 3.05) is 31.5 Å². The highest BCUT2D eigenvalue weighted by Gasteiger charge is 2.40. The van der Waals surface area contributed by atoms with Gasteiger partial charge in [0, 0.05) is 45.0 Å². The summed E-state index contributed by atoms with van der Waals surface area (Å²) in [5, 5.41) is 16.8. The van der Waals surface area contributed by atoms with Crippen LogP contribution in [0.3, 0.4) is 0 Å². The molecule has 162 valence electrons. The summed E-state index contributed by atoms with van der Waals surface area (Å²) in [6, 6.07) is 4.10. The Bertz CT molecular complexity index is 824. The van der Waals surface area contributed by atoms with E-state index in [-0.39, 0.29) is 0 Å². The molecule has 2 aliphatic carbocycles. The standard InChI is InChI=1S/C24H36N6/c1-17-22(16-29(2)28-17)23-8-9-24(27-26-23)25-12-19-10-20-14-30(15-21(20)11-19)13-18-6-4-3-5-7-18/h8-9,16,18-21H,3-7,10-15H2,1-2H3,(H,25,27)/t19?,20-,21+. The van der Waals surface area contributed by atoms with Crippen LogP contribution in [0.1, 0.15) is 50.6 Å². The number of fused-ring (bicyclic) bond motifs is 1. The van der Waals surface area contributed by atoms with Crippen molar-refractivity contribution in [1.29, 1.82) is 0 Å². The second-order valence-electron chi connectivity index (χ2n) is 10.1. The number of nitrogens with zero attached hydrogens (tertiary/aromatic N) is 5. The highest BCUT2D eigenvalue weighted by molar-refractivity contribution is 5.61. The van der Waals surface area contributed by atoms with Gasteiger partial charge in [-0.15, -0.1) is 10.2 Å². The van der Waals surface area contributed by atoms with E-state index in [1.807, 2.05) is 30.9 Å². The largest absolute Gasteiger partial charge is 0.368 e. The van der Waals surface area contributed by atoms with E-state index in [1.165, 1.54) is 64.6 Å². The summed E-state index contributed by atoms with van der Waals surface area (Å²) in [7, 11) is 1.94. The van der Waals surface area contributed by atoms with Gasteiger partial charge in [0.1, 0.15) is 5.82 Å². The number of anilines is 1. The molecule has 5 rings (SSSR count). The maximum Gasteiger partial charge on any atom is 0.148 e. The third-order valence-electron chi connectivity index (χ3n) is 7.69. The quantitative estimate of drug-likeness (QED) is 0.779. The smallest absolute Gasteiger partial charge is 0.148 e. The molecule has 1 aliphatic heterocycles. The van der Waals surface area contributed by atoms with Crippen LogP contribution in [0.2, 0.25) is 0 Å². The molecule has 0 radical (unpaired) electrons. The lowest BCUT2D eigenvalue weighted by Crippen LogP contribution is -2.30. The molecule has 3 aliphatic rings. The number of aromatic nitrogens is 4. The summed E-state index contributed by atoms with van der Waals surface area (Å²) in [5.74, 6) is 4.48. The van der Waals surface area contributed by atoms with Crippen molar-refractivity contribution in [3.05, 3.63) is 24.0 Å². The second-order valence-corrected chi connectivity index (χ2v) is 10.1. The topological polar surface area (TPSA) is 58.9 Å². The Kier molecular flexibility index (Phi) is 5.77. The van der Waals surface area contributed by atoms with E-state index in [2.05, 4.69) is 31.6 Å². The van der Waals surface area contributed by atoms with Crippen molar-refractivity contribution in [2.24, 2.45) is 30.7 Å². The lowest BCUT2D eigenvalue weighted by Gasteiger charge is -2.27. The van der Waals surface area contributed by atoms with Crippen LogP contribution in [-0.4, -0.2) is 51.1 Å². The molecule has 2 saturated carbocycles. The first kappa shape index (κ1) is 20.0. The minimum absolute atomic E-state index is 0.777. The molecule has 1 unspecified atom stereocenters. The van der Waals surface area contributed by atoms with Crippen molar-refractivity contribution in [2.45, 2.75) is 51.9 Å². The van der Waals surface area contributed by atoms with Gasteiger partial charge in [-0.2, -0.15) is 5.10 Å². The molecule has 1 N–H and O–H groups in total. The highest BCUT2D eigenvalue weighted by Crippen LogP contribution is 2.42. The van der Waals surface area contributed by atoms with Crippen LogP contribution in [0.5, 0.6) is 0 Å². The van der Waals surface area contributed by atoms with Gasteiger partial charge in [-0.25, -0.2) is 0 Å². The number of rotatable bonds is 6. The normalized spacial score (nSPS) is 27.5. The first-order valence-electron chi connectivity index (χ1n) is 11.9. The second kappa shape index (κ2) is 8.66. The number of nitrogens with one attached hydrogen (secondary N) is 1. The van der Waals surface area contributed by atoms with Crippen LogP contribution in [-0.2, 0) is 7.05 Å². The Morgan fingerprint density at radius 1 is 1.00 bits per heavy atom. The van der Waals surface area contributed by atoms with Crippen LogP contribution >= 0.6 is 0 Å². The van der Waals surface area contributed by atoms with Gasteiger partial charge in [0.2, 0.25) is 0 Å². The molecule has 0 bridgehead atoms. The summed E-state index contributed by atoms with van der Waals surface area (Å²) in [4.78, 5) is 2.79. The minimum atomic E-state index is 0.777. The number of likely N-dealkylation sites (tertiary alicyclic amines) is 1. The van der Waals surface area contributed by atoms with E-state index in [0.717, 1.165) is 53.0 Å². The Labute approximate surface area is 180 Å². The third kappa shape index (κ3) is 4.39. The third-order valence-corrected chi connectivity index (χ3v) is 7.69. The predicted octanol–water partition coefficient (Wildman–Crippen LogP) is 4.14.